The van der Waals surface area contributed by atoms with Crippen LogP contribution in [0.2, 0.25) is 0 Å². The molecule has 0 aliphatic heterocycles. The van der Waals surface area contributed by atoms with Crippen LogP contribution in [0, 0.1) is 11.3 Å². The summed E-state index contributed by atoms with van der Waals surface area (Å²) in [6.07, 6.45) is 0. The Morgan fingerprint density at radius 2 is 1.96 bits per heavy atom. The van der Waals surface area contributed by atoms with Gasteiger partial charge in [-0.05, 0) is 31.2 Å². The highest BCUT2D eigenvalue weighted by Crippen LogP contribution is 2.21. The molecule has 23 heavy (non-hydrogen) atoms. The second-order valence-corrected chi connectivity index (χ2v) is 5.18. The highest BCUT2D eigenvalue weighted by molar-refractivity contribution is 5.92. The van der Waals surface area contributed by atoms with E-state index in [0.29, 0.717) is 11.3 Å². The Morgan fingerprint density at radius 3 is 2.70 bits per heavy atom. The van der Waals surface area contributed by atoms with Crippen LogP contribution < -0.4 is 15.4 Å². The zero-order valence-corrected chi connectivity index (χ0v) is 13.2. The second kappa shape index (κ2) is 7.97. The summed E-state index contributed by atoms with van der Waals surface area (Å²) < 4.78 is 5.34. The van der Waals surface area contributed by atoms with Crippen LogP contribution in [-0.2, 0) is 4.79 Å². The number of quaternary nitrogens is 1. The number of nitrogens with two attached hydrogens (primary N) is 1. The summed E-state index contributed by atoms with van der Waals surface area (Å²) in [4.78, 5) is 12.1. The van der Waals surface area contributed by atoms with E-state index in [0.717, 1.165) is 11.3 Å². The van der Waals surface area contributed by atoms with Crippen molar-refractivity contribution in [2.24, 2.45) is 0 Å². The van der Waals surface area contributed by atoms with Gasteiger partial charge in [0, 0.05) is 0 Å². The molecule has 0 aliphatic rings. The summed E-state index contributed by atoms with van der Waals surface area (Å²) in [6, 6.07) is 16.9. The third kappa shape index (κ3) is 4.31. The van der Waals surface area contributed by atoms with E-state index < -0.39 is 0 Å². The zero-order valence-electron chi connectivity index (χ0n) is 13.2. The molecule has 5 heteroatoms. The summed E-state index contributed by atoms with van der Waals surface area (Å²) in [5.74, 6) is 0.668. The van der Waals surface area contributed by atoms with Crippen molar-refractivity contribution in [2.75, 3.05) is 19.0 Å². The van der Waals surface area contributed by atoms with Gasteiger partial charge in [0.1, 0.15) is 17.9 Å². The third-order valence-corrected chi connectivity index (χ3v) is 3.61. The van der Waals surface area contributed by atoms with Crippen molar-refractivity contribution in [1.82, 2.24) is 0 Å². The van der Waals surface area contributed by atoms with E-state index in [1.165, 1.54) is 0 Å². The summed E-state index contributed by atoms with van der Waals surface area (Å²) >= 11 is 0. The van der Waals surface area contributed by atoms with E-state index in [1.54, 1.807) is 31.4 Å². The van der Waals surface area contributed by atoms with Crippen molar-refractivity contribution in [3.63, 3.8) is 0 Å². The number of carbonyl (C=O) groups is 1. The monoisotopic (exact) mass is 310 g/mol. The molecule has 0 saturated heterocycles. The number of ether oxygens (including phenoxy) is 1. The lowest BCUT2D eigenvalue weighted by Crippen LogP contribution is -2.86. The first-order valence-electron chi connectivity index (χ1n) is 7.41. The van der Waals surface area contributed by atoms with Gasteiger partial charge in [-0.25, -0.2) is 0 Å². The van der Waals surface area contributed by atoms with Crippen LogP contribution in [-0.4, -0.2) is 19.6 Å². The number of carbonyl (C=O) groups excluding carboxylic acids is 1. The van der Waals surface area contributed by atoms with Crippen LogP contribution in [0.15, 0.2) is 48.5 Å². The fourth-order valence-electron chi connectivity index (χ4n) is 2.34. The molecule has 0 fully saturated rings. The van der Waals surface area contributed by atoms with Gasteiger partial charge in [0.2, 0.25) is 0 Å². The standard InChI is InChI=1S/C18H19N3O2/c1-13(15-8-4-6-10-17(15)23-2)20-12-18(22)21-16-9-5-3-7-14(16)11-19/h3-10,13,20H,12H2,1-2H3,(H,21,22)/p+1/t13-/m0/s1. The molecule has 0 aliphatic carbocycles. The molecular formula is C18H20N3O2+. The molecule has 3 N–H and O–H groups in total. The van der Waals surface area contributed by atoms with Gasteiger partial charge in [-0.2, -0.15) is 5.26 Å². The molecular weight excluding hydrogens is 290 g/mol. The van der Waals surface area contributed by atoms with E-state index >= 15 is 0 Å². The molecule has 0 aromatic heterocycles. The van der Waals surface area contributed by atoms with Gasteiger partial charge < -0.3 is 15.4 Å². The number of nitriles is 1. The van der Waals surface area contributed by atoms with E-state index in [2.05, 4.69) is 11.4 Å². The molecule has 2 aromatic carbocycles. The molecule has 5 nitrogen and oxygen atoms in total. The van der Waals surface area contributed by atoms with Crippen molar-refractivity contribution < 1.29 is 14.8 Å². The first-order valence-corrected chi connectivity index (χ1v) is 7.41. The predicted octanol–water partition coefficient (Wildman–Crippen LogP) is 1.83. The SMILES string of the molecule is COc1ccccc1[C@H](C)[NH2+]CC(=O)Nc1ccccc1C#N. The first-order chi connectivity index (χ1) is 11.2. The Morgan fingerprint density at radius 1 is 1.26 bits per heavy atom. The van der Waals surface area contributed by atoms with Gasteiger partial charge in [-0.3, -0.25) is 4.79 Å². The van der Waals surface area contributed by atoms with Gasteiger partial charge in [0.15, 0.2) is 6.54 Å². The van der Waals surface area contributed by atoms with Crippen molar-refractivity contribution >= 4 is 11.6 Å². The maximum atomic E-state index is 12.1. The van der Waals surface area contributed by atoms with Crippen LogP contribution >= 0.6 is 0 Å². The largest absolute Gasteiger partial charge is 0.496 e. The number of amides is 1. The Kier molecular flexibility index (Phi) is 5.73. The van der Waals surface area contributed by atoms with E-state index in [1.807, 2.05) is 36.5 Å². The minimum atomic E-state index is -0.144. The van der Waals surface area contributed by atoms with Crippen molar-refractivity contribution in [2.45, 2.75) is 13.0 Å². The van der Waals surface area contributed by atoms with Gasteiger partial charge in [-0.15, -0.1) is 0 Å². The average Bonchev–Trinajstić information content (AvgIpc) is 2.60. The average molecular weight is 310 g/mol. The number of hydrogen-bond donors (Lipinski definition) is 2. The van der Waals surface area contributed by atoms with Crippen LogP contribution in [0.4, 0.5) is 5.69 Å². The first kappa shape index (κ1) is 16.5. The number of nitrogens with zero attached hydrogens (tertiary/aromatic N) is 1. The number of benzene rings is 2. The Balaban J connectivity index is 1.95. The van der Waals surface area contributed by atoms with Crippen molar-refractivity contribution in [1.29, 1.82) is 5.26 Å². The van der Waals surface area contributed by atoms with E-state index in [-0.39, 0.29) is 18.5 Å². The van der Waals surface area contributed by atoms with Gasteiger partial charge in [0.25, 0.3) is 5.91 Å². The molecule has 0 saturated carbocycles. The summed E-state index contributed by atoms with van der Waals surface area (Å²) in [6.45, 7) is 2.29. The molecule has 0 radical (unpaired) electrons. The fraction of sp³-hybridized carbons (Fsp3) is 0.222. The lowest BCUT2D eigenvalue weighted by molar-refractivity contribution is -0.682. The minimum absolute atomic E-state index is 0.0862. The maximum absolute atomic E-state index is 12.1. The smallest absolute Gasteiger partial charge is 0.279 e. The second-order valence-electron chi connectivity index (χ2n) is 5.18. The maximum Gasteiger partial charge on any atom is 0.279 e. The molecule has 118 valence electrons. The number of hydrogen-bond acceptors (Lipinski definition) is 3. The fourth-order valence-corrected chi connectivity index (χ4v) is 2.34. The van der Waals surface area contributed by atoms with Crippen LogP contribution in [0.25, 0.3) is 0 Å². The molecule has 1 amide bonds. The number of nitrogens with one attached hydrogen (secondary N) is 1. The molecule has 2 rings (SSSR count). The van der Waals surface area contributed by atoms with Gasteiger partial charge in [0.05, 0.1) is 23.9 Å². The molecule has 0 bridgehead atoms. The number of methoxy groups -OCH3 is 1. The highest BCUT2D eigenvalue weighted by atomic mass is 16.5. The highest BCUT2D eigenvalue weighted by Gasteiger charge is 2.15. The predicted molar refractivity (Wildman–Crippen MR) is 88.0 cm³/mol. The van der Waals surface area contributed by atoms with E-state index in [9.17, 15) is 4.79 Å². The molecule has 0 unspecified atom stereocenters. The van der Waals surface area contributed by atoms with Gasteiger partial charge in [-0.1, -0.05) is 24.3 Å². The molecule has 0 heterocycles. The summed E-state index contributed by atoms with van der Waals surface area (Å²) in [5, 5.41) is 13.7. The Bertz CT molecular complexity index is 722. The van der Waals surface area contributed by atoms with Crippen LogP contribution in [0.5, 0.6) is 5.75 Å². The normalized spacial score (nSPS) is 11.3. The Labute approximate surface area is 135 Å². The summed E-state index contributed by atoms with van der Waals surface area (Å²) in [7, 11) is 1.64. The minimum Gasteiger partial charge on any atom is -0.496 e. The molecule has 0 spiro atoms. The zero-order chi connectivity index (χ0) is 16.7. The lowest BCUT2D eigenvalue weighted by atomic mass is 10.1. The number of para-hydroxylation sites is 2. The van der Waals surface area contributed by atoms with E-state index in [4.69, 9.17) is 10.00 Å². The molecule has 1 atom stereocenters. The number of rotatable bonds is 6. The van der Waals surface area contributed by atoms with Crippen LogP contribution in [0.1, 0.15) is 24.1 Å². The lowest BCUT2D eigenvalue weighted by Gasteiger charge is -2.14. The quantitative estimate of drug-likeness (QED) is 0.854. The van der Waals surface area contributed by atoms with Crippen molar-refractivity contribution in [3.05, 3.63) is 59.7 Å². The van der Waals surface area contributed by atoms with Gasteiger partial charge >= 0.3 is 0 Å². The summed E-state index contributed by atoms with van der Waals surface area (Å²) in [5.41, 5.74) is 2.04. The number of anilines is 1. The topological polar surface area (TPSA) is 78.7 Å². The molecule has 2 aromatic rings. The van der Waals surface area contributed by atoms with Crippen molar-refractivity contribution in [3.8, 4) is 11.8 Å². The Hall–Kier alpha value is -2.84. The van der Waals surface area contributed by atoms with Crippen LogP contribution in [0.3, 0.4) is 0 Å². The third-order valence-electron chi connectivity index (χ3n) is 3.61.